The fraction of sp³-hybridized carbons (Fsp3) is 0.941. The van der Waals surface area contributed by atoms with Crippen LogP contribution in [-0.4, -0.2) is 49.2 Å². The van der Waals surface area contributed by atoms with Crippen LogP contribution < -0.4 is 5.32 Å². The zero-order valence-corrected chi connectivity index (χ0v) is 14.4. The van der Waals surface area contributed by atoms with Gasteiger partial charge in [0.1, 0.15) is 6.04 Å². The van der Waals surface area contributed by atoms with Crippen molar-refractivity contribution in [2.75, 3.05) is 26.2 Å². The van der Waals surface area contributed by atoms with Crippen LogP contribution in [0.3, 0.4) is 0 Å². The minimum absolute atomic E-state index is 0.102. The summed E-state index contributed by atoms with van der Waals surface area (Å²) < 4.78 is 5.18. The van der Waals surface area contributed by atoms with Gasteiger partial charge in [-0.25, -0.2) is 0 Å². The zero-order valence-electron chi connectivity index (χ0n) is 14.4. The first-order valence-electron chi connectivity index (χ1n) is 8.72. The lowest BCUT2D eigenvalue weighted by molar-refractivity contribution is -0.146. The van der Waals surface area contributed by atoms with Crippen molar-refractivity contribution in [2.45, 2.75) is 71.9 Å². The Morgan fingerprint density at radius 3 is 2.48 bits per heavy atom. The number of carbonyl (C=O) groups excluding carboxylic acids is 1. The normalized spacial score (nSPS) is 17.6. The largest absolute Gasteiger partial charge is 0.465 e. The van der Waals surface area contributed by atoms with Crippen LogP contribution in [0.25, 0.3) is 0 Å². The van der Waals surface area contributed by atoms with Crippen LogP contribution in [0.1, 0.15) is 59.8 Å². The van der Waals surface area contributed by atoms with Crippen LogP contribution in [0, 0.1) is 5.92 Å². The molecule has 0 radical (unpaired) electrons. The van der Waals surface area contributed by atoms with E-state index in [0.717, 1.165) is 32.1 Å². The van der Waals surface area contributed by atoms with Gasteiger partial charge in [0.05, 0.1) is 6.61 Å². The summed E-state index contributed by atoms with van der Waals surface area (Å²) in [5.41, 5.74) is 0. The zero-order chi connectivity index (χ0) is 15.7. The number of likely N-dealkylation sites (N-methyl/N-ethyl adjacent to an activating group) is 1. The predicted molar refractivity (Wildman–Crippen MR) is 87.4 cm³/mol. The molecule has 1 unspecified atom stereocenters. The molecule has 1 aliphatic carbocycles. The van der Waals surface area contributed by atoms with E-state index in [-0.39, 0.29) is 12.0 Å². The average Bonchev–Trinajstić information content (AvgIpc) is 2.95. The summed E-state index contributed by atoms with van der Waals surface area (Å²) in [5, 5.41) is 3.27. The molecule has 0 saturated heterocycles. The van der Waals surface area contributed by atoms with Crippen LogP contribution in [0.2, 0.25) is 0 Å². The molecule has 0 aromatic carbocycles. The Balaban J connectivity index is 2.52. The Kier molecular flexibility index (Phi) is 8.93. The molecule has 0 amide bonds. The van der Waals surface area contributed by atoms with Crippen LogP contribution >= 0.6 is 0 Å². The molecule has 124 valence electrons. The quantitative estimate of drug-likeness (QED) is 0.630. The van der Waals surface area contributed by atoms with Gasteiger partial charge in [-0.05, 0) is 38.6 Å². The number of nitrogens with one attached hydrogen (secondary N) is 1. The highest BCUT2D eigenvalue weighted by Gasteiger charge is 2.25. The standard InChI is InChI=1S/C17H34N2O2/c1-5-18-16(17(20)21-6-2)11-12-19(13-14(3)4)15-9-7-8-10-15/h14-16,18H,5-13H2,1-4H3. The lowest BCUT2D eigenvalue weighted by atomic mass is 10.1. The number of carbonyl (C=O) groups is 1. The van der Waals surface area contributed by atoms with E-state index in [1.165, 1.54) is 25.7 Å². The summed E-state index contributed by atoms with van der Waals surface area (Å²) in [6, 6.07) is 0.558. The van der Waals surface area contributed by atoms with Crippen molar-refractivity contribution in [2.24, 2.45) is 5.92 Å². The monoisotopic (exact) mass is 298 g/mol. The van der Waals surface area contributed by atoms with Gasteiger partial charge in [0, 0.05) is 19.1 Å². The Bertz CT molecular complexity index is 289. The van der Waals surface area contributed by atoms with Crippen molar-refractivity contribution >= 4 is 5.97 Å². The Morgan fingerprint density at radius 1 is 1.29 bits per heavy atom. The van der Waals surface area contributed by atoms with Gasteiger partial charge in [-0.3, -0.25) is 4.79 Å². The van der Waals surface area contributed by atoms with E-state index in [4.69, 9.17) is 4.74 Å². The fourth-order valence-electron chi connectivity index (χ4n) is 3.25. The molecule has 0 aromatic rings. The van der Waals surface area contributed by atoms with Gasteiger partial charge < -0.3 is 15.0 Å². The van der Waals surface area contributed by atoms with Gasteiger partial charge in [0.2, 0.25) is 0 Å². The molecule has 1 aliphatic rings. The second-order valence-electron chi connectivity index (χ2n) is 6.48. The van der Waals surface area contributed by atoms with Crippen molar-refractivity contribution in [3.05, 3.63) is 0 Å². The first-order valence-corrected chi connectivity index (χ1v) is 8.72. The molecule has 1 N–H and O–H groups in total. The summed E-state index contributed by atoms with van der Waals surface area (Å²) in [7, 11) is 0. The highest BCUT2D eigenvalue weighted by molar-refractivity contribution is 5.75. The van der Waals surface area contributed by atoms with Gasteiger partial charge in [0.25, 0.3) is 0 Å². The molecule has 1 rings (SSSR count). The Labute approximate surface area is 130 Å². The number of nitrogens with zero attached hydrogens (tertiary/aromatic N) is 1. The molecular formula is C17H34N2O2. The minimum atomic E-state index is -0.161. The van der Waals surface area contributed by atoms with Gasteiger partial charge in [-0.15, -0.1) is 0 Å². The minimum Gasteiger partial charge on any atom is -0.465 e. The van der Waals surface area contributed by atoms with Gasteiger partial charge in [-0.2, -0.15) is 0 Å². The molecule has 1 atom stereocenters. The molecule has 0 spiro atoms. The van der Waals surface area contributed by atoms with E-state index in [0.29, 0.717) is 12.5 Å². The second-order valence-corrected chi connectivity index (χ2v) is 6.48. The summed E-state index contributed by atoms with van der Waals surface area (Å²) >= 11 is 0. The number of hydrogen-bond donors (Lipinski definition) is 1. The fourth-order valence-corrected chi connectivity index (χ4v) is 3.25. The van der Waals surface area contributed by atoms with Crippen LogP contribution in [0.15, 0.2) is 0 Å². The first-order chi connectivity index (χ1) is 10.1. The Hall–Kier alpha value is -0.610. The predicted octanol–water partition coefficient (Wildman–Crippen LogP) is 2.82. The molecule has 0 heterocycles. The smallest absolute Gasteiger partial charge is 0.323 e. The van der Waals surface area contributed by atoms with E-state index < -0.39 is 0 Å². The van der Waals surface area contributed by atoms with E-state index in [9.17, 15) is 4.79 Å². The third-order valence-electron chi connectivity index (χ3n) is 4.17. The van der Waals surface area contributed by atoms with E-state index in [1.807, 2.05) is 13.8 Å². The highest BCUT2D eigenvalue weighted by atomic mass is 16.5. The summed E-state index contributed by atoms with van der Waals surface area (Å²) in [6.07, 6.45) is 6.19. The van der Waals surface area contributed by atoms with Gasteiger partial charge >= 0.3 is 5.97 Å². The van der Waals surface area contributed by atoms with Crippen LogP contribution in [0.5, 0.6) is 0 Å². The van der Waals surface area contributed by atoms with E-state index in [2.05, 4.69) is 24.1 Å². The van der Waals surface area contributed by atoms with Crippen molar-refractivity contribution in [1.82, 2.24) is 10.2 Å². The van der Waals surface area contributed by atoms with Crippen LogP contribution in [-0.2, 0) is 9.53 Å². The number of rotatable bonds is 10. The van der Waals surface area contributed by atoms with Gasteiger partial charge in [0.15, 0.2) is 0 Å². The summed E-state index contributed by atoms with van der Waals surface area (Å²) in [5.74, 6) is 0.570. The van der Waals surface area contributed by atoms with Gasteiger partial charge in [-0.1, -0.05) is 33.6 Å². The second kappa shape index (κ2) is 10.2. The molecule has 21 heavy (non-hydrogen) atoms. The number of ether oxygens (including phenoxy) is 1. The molecule has 0 bridgehead atoms. The average molecular weight is 298 g/mol. The molecule has 4 heteroatoms. The topological polar surface area (TPSA) is 41.6 Å². The summed E-state index contributed by atoms with van der Waals surface area (Å²) in [4.78, 5) is 14.6. The maximum Gasteiger partial charge on any atom is 0.323 e. The van der Waals surface area contributed by atoms with E-state index >= 15 is 0 Å². The molecule has 1 saturated carbocycles. The SMILES string of the molecule is CCNC(CCN(CC(C)C)C1CCCC1)C(=O)OCC. The lowest BCUT2D eigenvalue weighted by Crippen LogP contribution is -2.43. The van der Waals surface area contributed by atoms with Crippen molar-refractivity contribution in [3.63, 3.8) is 0 Å². The molecule has 0 aromatic heterocycles. The van der Waals surface area contributed by atoms with Crippen molar-refractivity contribution < 1.29 is 9.53 Å². The van der Waals surface area contributed by atoms with Crippen molar-refractivity contribution in [1.29, 1.82) is 0 Å². The third-order valence-corrected chi connectivity index (χ3v) is 4.17. The van der Waals surface area contributed by atoms with E-state index in [1.54, 1.807) is 0 Å². The number of hydrogen-bond acceptors (Lipinski definition) is 4. The molecular weight excluding hydrogens is 264 g/mol. The molecule has 4 nitrogen and oxygen atoms in total. The third kappa shape index (κ3) is 6.79. The molecule has 1 fully saturated rings. The van der Waals surface area contributed by atoms with Crippen LogP contribution in [0.4, 0.5) is 0 Å². The first kappa shape index (κ1) is 18.4. The Morgan fingerprint density at radius 2 is 1.95 bits per heavy atom. The highest BCUT2D eigenvalue weighted by Crippen LogP contribution is 2.24. The number of esters is 1. The maximum absolute atomic E-state index is 12.0. The maximum atomic E-state index is 12.0. The summed E-state index contributed by atoms with van der Waals surface area (Å²) in [6.45, 7) is 11.8. The molecule has 0 aliphatic heterocycles. The lowest BCUT2D eigenvalue weighted by Gasteiger charge is -2.31. The van der Waals surface area contributed by atoms with Crippen molar-refractivity contribution in [3.8, 4) is 0 Å².